The largest absolute Gasteiger partial charge is 0.478 e. The molecule has 0 saturated carbocycles. The van der Waals surface area contributed by atoms with Gasteiger partial charge in [-0.3, -0.25) is 0 Å². The van der Waals surface area contributed by atoms with Crippen molar-refractivity contribution in [2.24, 2.45) is 5.92 Å². The Hall–Kier alpha value is -2.09. The highest BCUT2D eigenvalue weighted by Gasteiger charge is 2.12. The van der Waals surface area contributed by atoms with Crippen molar-refractivity contribution >= 4 is 5.97 Å². The van der Waals surface area contributed by atoms with Crippen LogP contribution >= 0.6 is 0 Å². The van der Waals surface area contributed by atoms with Gasteiger partial charge in [0.2, 0.25) is 0 Å². The maximum Gasteiger partial charge on any atom is 0.336 e. The Morgan fingerprint density at radius 2 is 1.70 bits per heavy atom. The van der Waals surface area contributed by atoms with Crippen LogP contribution in [0.1, 0.15) is 55.1 Å². The van der Waals surface area contributed by atoms with Crippen LogP contribution in [0.3, 0.4) is 0 Å². The molecule has 0 aliphatic rings. The van der Waals surface area contributed by atoms with E-state index in [9.17, 15) is 9.90 Å². The second kappa shape index (κ2) is 7.96. The van der Waals surface area contributed by atoms with Crippen LogP contribution in [-0.2, 0) is 12.8 Å². The van der Waals surface area contributed by atoms with Crippen molar-refractivity contribution in [3.05, 3.63) is 59.2 Å². The van der Waals surface area contributed by atoms with Crippen LogP contribution in [0.5, 0.6) is 0 Å². The SMILES string of the molecule is CCCc1ccc(C(=O)O)c(-c2ccc(CC(C)CC)cc2)c1. The summed E-state index contributed by atoms with van der Waals surface area (Å²) in [4.78, 5) is 11.5. The molecule has 1 unspecified atom stereocenters. The number of aryl methyl sites for hydroxylation is 1. The van der Waals surface area contributed by atoms with Gasteiger partial charge in [0.05, 0.1) is 5.56 Å². The number of carbonyl (C=O) groups is 1. The second-order valence-corrected chi connectivity index (χ2v) is 6.35. The quantitative estimate of drug-likeness (QED) is 0.723. The van der Waals surface area contributed by atoms with Crippen LogP contribution in [0.25, 0.3) is 11.1 Å². The monoisotopic (exact) mass is 310 g/mol. The maximum atomic E-state index is 11.5. The van der Waals surface area contributed by atoms with Crippen LogP contribution in [-0.4, -0.2) is 11.1 Å². The number of hydrogen-bond donors (Lipinski definition) is 1. The van der Waals surface area contributed by atoms with Gasteiger partial charge in [-0.25, -0.2) is 4.79 Å². The first-order valence-electron chi connectivity index (χ1n) is 8.50. The molecule has 1 N–H and O–H groups in total. The number of hydrogen-bond acceptors (Lipinski definition) is 1. The first-order valence-corrected chi connectivity index (χ1v) is 8.50. The Balaban J connectivity index is 2.35. The molecule has 122 valence electrons. The number of carboxylic acids is 1. The van der Waals surface area contributed by atoms with Gasteiger partial charge in [0.1, 0.15) is 0 Å². The van der Waals surface area contributed by atoms with Crippen LogP contribution in [0, 0.1) is 5.92 Å². The Bertz CT molecular complexity index is 656. The first-order chi connectivity index (χ1) is 11.0. The van der Waals surface area contributed by atoms with Crippen molar-refractivity contribution in [3.8, 4) is 11.1 Å². The molecular formula is C21H26O2. The Labute approximate surface area is 139 Å². The third-order valence-electron chi connectivity index (χ3n) is 4.40. The van der Waals surface area contributed by atoms with E-state index in [1.165, 1.54) is 17.5 Å². The van der Waals surface area contributed by atoms with Gasteiger partial charge in [-0.1, -0.05) is 70.0 Å². The molecule has 0 radical (unpaired) electrons. The van der Waals surface area contributed by atoms with Crippen molar-refractivity contribution in [1.29, 1.82) is 0 Å². The molecule has 0 aliphatic heterocycles. The standard InChI is InChI=1S/C21H26O2/c1-4-6-16-9-12-19(21(22)23)20(14-16)18-10-7-17(8-11-18)13-15(3)5-2/h7-12,14-15H,4-6,13H2,1-3H3,(H,22,23). The summed E-state index contributed by atoms with van der Waals surface area (Å²) in [5.74, 6) is -0.199. The van der Waals surface area contributed by atoms with Crippen LogP contribution in [0.4, 0.5) is 0 Å². The van der Waals surface area contributed by atoms with E-state index in [4.69, 9.17) is 0 Å². The van der Waals surface area contributed by atoms with Crippen molar-refractivity contribution < 1.29 is 9.90 Å². The van der Waals surface area contributed by atoms with Crippen LogP contribution in [0.2, 0.25) is 0 Å². The van der Waals surface area contributed by atoms with E-state index in [1.54, 1.807) is 6.07 Å². The van der Waals surface area contributed by atoms with Gasteiger partial charge in [0.15, 0.2) is 0 Å². The summed E-state index contributed by atoms with van der Waals surface area (Å²) in [5.41, 5.74) is 4.67. The highest BCUT2D eigenvalue weighted by molar-refractivity contribution is 5.96. The lowest BCUT2D eigenvalue weighted by Crippen LogP contribution is -2.01. The molecule has 0 fully saturated rings. The van der Waals surface area contributed by atoms with Crippen molar-refractivity contribution in [2.75, 3.05) is 0 Å². The van der Waals surface area contributed by atoms with E-state index >= 15 is 0 Å². The Kier molecular flexibility index (Phi) is 5.97. The number of aromatic carboxylic acids is 1. The molecule has 2 heteroatoms. The van der Waals surface area contributed by atoms with E-state index in [2.05, 4.69) is 45.0 Å². The summed E-state index contributed by atoms with van der Waals surface area (Å²) in [6.45, 7) is 6.59. The molecule has 0 bridgehead atoms. The summed E-state index contributed by atoms with van der Waals surface area (Å²) >= 11 is 0. The Morgan fingerprint density at radius 1 is 1.04 bits per heavy atom. The third-order valence-corrected chi connectivity index (χ3v) is 4.40. The molecule has 0 amide bonds. The minimum Gasteiger partial charge on any atom is -0.478 e. The zero-order valence-electron chi connectivity index (χ0n) is 14.3. The van der Waals surface area contributed by atoms with Gasteiger partial charge in [-0.15, -0.1) is 0 Å². The maximum absolute atomic E-state index is 11.5. The van der Waals surface area contributed by atoms with Crippen LogP contribution in [0.15, 0.2) is 42.5 Å². The van der Waals surface area contributed by atoms with Crippen molar-refractivity contribution in [1.82, 2.24) is 0 Å². The van der Waals surface area contributed by atoms with Crippen molar-refractivity contribution in [3.63, 3.8) is 0 Å². The molecular weight excluding hydrogens is 284 g/mol. The van der Waals surface area contributed by atoms with E-state index in [1.807, 2.05) is 12.1 Å². The fourth-order valence-corrected chi connectivity index (χ4v) is 2.83. The average molecular weight is 310 g/mol. The summed E-state index contributed by atoms with van der Waals surface area (Å²) in [6, 6.07) is 14.0. The molecule has 0 aromatic heterocycles. The highest BCUT2D eigenvalue weighted by atomic mass is 16.4. The number of rotatable bonds is 7. The summed E-state index contributed by atoms with van der Waals surface area (Å²) in [7, 11) is 0. The van der Waals surface area contributed by atoms with Crippen molar-refractivity contribution in [2.45, 2.75) is 46.5 Å². The summed E-state index contributed by atoms with van der Waals surface area (Å²) < 4.78 is 0. The Morgan fingerprint density at radius 3 is 2.26 bits per heavy atom. The molecule has 0 aliphatic carbocycles. The third kappa shape index (κ3) is 4.44. The first kappa shape index (κ1) is 17.3. The van der Waals surface area contributed by atoms with Gasteiger partial charge in [-0.2, -0.15) is 0 Å². The predicted octanol–water partition coefficient (Wildman–Crippen LogP) is 5.59. The number of carboxylic acid groups (broad SMARTS) is 1. The normalized spacial score (nSPS) is 12.1. The van der Waals surface area contributed by atoms with Gasteiger partial charge in [0, 0.05) is 0 Å². The minimum atomic E-state index is -0.869. The molecule has 2 rings (SSSR count). The molecule has 0 spiro atoms. The van der Waals surface area contributed by atoms with Gasteiger partial charge < -0.3 is 5.11 Å². The molecule has 2 nitrogen and oxygen atoms in total. The lowest BCUT2D eigenvalue weighted by atomic mass is 9.93. The van der Waals surface area contributed by atoms with Gasteiger partial charge in [0.25, 0.3) is 0 Å². The van der Waals surface area contributed by atoms with Gasteiger partial charge in [-0.05, 0) is 47.1 Å². The summed E-state index contributed by atoms with van der Waals surface area (Å²) in [5, 5.41) is 9.45. The van der Waals surface area contributed by atoms with E-state index in [-0.39, 0.29) is 0 Å². The molecule has 2 aromatic carbocycles. The summed E-state index contributed by atoms with van der Waals surface area (Å²) in [6.07, 6.45) is 4.26. The van der Waals surface area contributed by atoms with E-state index in [0.29, 0.717) is 11.5 Å². The molecule has 1 atom stereocenters. The fourth-order valence-electron chi connectivity index (χ4n) is 2.83. The van der Waals surface area contributed by atoms with Gasteiger partial charge >= 0.3 is 5.97 Å². The zero-order chi connectivity index (χ0) is 16.8. The second-order valence-electron chi connectivity index (χ2n) is 6.35. The van der Waals surface area contributed by atoms with Crippen LogP contribution < -0.4 is 0 Å². The molecule has 0 saturated heterocycles. The molecule has 0 heterocycles. The molecule has 2 aromatic rings. The fraction of sp³-hybridized carbons (Fsp3) is 0.381. The minimum absolute atomic E-state index is 0.375. The topological polar surface area (TPSA) is 37.3 Å². The van der Waals surface area contributed by atoms with E-state index in [0.717, 1.165) is 30.4 Å². The smallest absolute Gasteiger partial charge is 0.336 e. The highest BCUT2D eigenvalue weighted by Crippen LogP contribution is 2.27. The average Bonchev–Trinajstić information content (AvgIpc) is 2.55. The van der Waals surface area contributed by atoms with E-state index < -0.39 is 5.97 Å². The zero-order valence-corrected chi connectivity index (χ0v) is 14.3. The predicted molar refractivity (Wildman–Crippen MR) is 96.0 cm³/mol. The lowest BCUT2D eigenvalue weighted by Gasteiger charge is -2.12. The lowest BCUT2D eigenvalue weighted by molar-refractivity contribution is 0.0697. The number of benzene rings is 2. The molecule has 23 heavy (non-hydrogen) atoms.